The maximum Gasteiger partial charge on any atom is 0.171 e. The largest absolute Gasteiger partial charge is 0.363 e. The summed E-state index contributed by atoms with van der Waals surface area (Å²) >= 11 is 0. The van der Waals surface area contributed by atoms with Gasteiger partial charge >= 0.3 is 0 Å². The summed E-state index contributed by atoms with van der Waals surface area (Å²) in [4.78, 5) is 0. The van der Waals surface area contributed by atoms with Crippen molar-refractivity contribution in [3.63, 3.8) is 0 Å². The predicted molar refractivity (Wildman–Crippen MR) is 34.5 cm³/mol. The highest BCUT2D eigenvalue weighted by Gasteiger charge is 2.20. The first-order chi connectivity index (χ1) is 4.86. The van der Waals surface area contributed by atoms with Crippen LogP contribution in [0.25, 0.3) is 0 Å². The molecule has 4 heteroatoms. The van der Waals surface area contributed by atoms with Gasteiger partial charge in [0, 0.05) is 14.2 Å². The van der Waals surface area contributed by atoms with E-state index in [-0.39, 0.29) is 12.5 Å². The van der Waals surface area contributed by atoms with Gasteiger partial charge in [0.1, 0.15) is 6.23 Å². The zero-order valence-electron chi connectivity index (χ0n) is 6.24. The molecule has 4 nitrogen and oxygen atoms in total. The lowest BCUT2D eigenvalue weighted by atomic mass is 10.4. The Morgan fingerprint density at radius 2 is 2.20 bits per heavy atom. The van der Waals surface area contributed by atoms with Crippen LogP contribution in [0.2, 0.25) is 0 Å². The number of hydrogen-bond donors (Lipinski definition) is 0. The van der Waals surface area contributed by atoms with Gasteiger partial charge in [0.15, 0.2) is 6.29 Å². The second-order valence-electron chi connectivity index (χ2n) is 2.05. The molecule has 0 spiro atoms. The van der Waals surface area contributed by atoms with Crippen LogP contribution in [0.3, 0.4) is 0 Å². The molecule has 0 N–H and O–H groups in total. The third-order valence-corrected chi connectivity index (χ3v) is 1.42. The van der Waals surface area contributed by atoms with E-state index >= 15 is 0 Å². The molecule has 0 aromatic heterocycles. The van der Waals surface area contributed by atoms with Crippen molar-refractivity contribution >= 4 is 0 Å². The second kappa shape index (κ2) is 3.88. The van der Waals surface area contributed by atoms with Gasteiger partial charge in [0.2, 0.25) is 0 Å². The molecular weight excluding hydrogens is 134 g/mol. The minimum Gasteiger partial charge on any atom is -0.363 e. The van der Waals surface area contributed by atoms with Gasteiger partial charge in [-0.3, -0.25) is 0 Å². The van der Waals surface area contributed by atoms with E-state index in [0.717, 1.165) is 0 Å². The smallest absolute Gasteiger partial charge is 0.171 e. The normalized spacial score (nSPS) is 34.2. The SMILES string of the molecule is COC1COC(OC)C[N]1. The summed E-state index contributed by atoms with van der Waals surface area (Å²) < 4.78 is 15.0. The van der Waals surface area contributed by atoms with E-state index in [1.807, 2.05) is 0 Å². The van der Waals surface area contributed by atoms with Crippen LogP contribution in [0, 0.1) is 0 Å². The van der Waals surface area contributed by atoms with Gasteiger partial charge in [-0.1, -0.05) is 0 Å². The van der Waals surface area contributed by atoms with Crippen molar-refractivity contribution in [3.05, 3.63) is 0 Å². The molecule has 1 heterocycles. The van der Waals surface area contributed by atoms with Gasteiger partial charge in [-0.05, 0) is 0 Å². The summed E-state index contributed by atoms with van der Waals surface area (Å²) in [6.07, 6.45) is -0.280. The molecule has 1 fully saturated rings. The fourth-order valence-corrected chi connectivity index (χ4v) is 0.784. The molecule has 1 aliphatic rings. The molecule has 59 valence electrons. The third kappa shape index (κ3) is 1.91. The van der Waals surface area contributed by atoms with Crippen LogP contribution in [0.1, 0.15) is 0 Å². The van der Waals surface area contributed by atoms with Crippen molar-refractivity contribution in [3.8, 4) is 0 Å². The Balaban J connectivity index is 2.17. The van der Waals surface area contributed by atoms with E-state index in [4.69, 9.17) is 14.2 Å². The lowest BCUT2D eigenvalue weighted by Crippen LogP contribution is -2.43. The van der Waals surface area contributed by atoms with Crippen molar-refractivity contribution in [2.24, 2.45) is 0 Å². The van der Waals surface area contributed by atoms with Gasteiger partial charge in [0.25, 0.3) is 0 Å². The first-order valence-electron chi connectivity index (χ1n) is 3.20. The van der Waals surface area contributed by atoms with Crippen molar-refractivity contribution < 1.29 is 14.2 Å². The van der Waals surface area contributed by atoms with Crippen molar-refractivity contribution in [1.82, 2.24) is 5.32 Å². The standard InChI is InChI=1S/C6H12NO3/c1-8-5-4-10-6(9-2)3-7-5/h5-6H,3-4H2,1-2H3. The van der Waals surface area contributed by atoms with E-state index < -0.39 is 0 Å². The zero-order valence-corrected chi connectivity index (χ0v) is 6.24. The number of rotatable bonds is 2. The molecule has 1 aliphatic heterocycles. The van der Waals surface area contributed by atoms with Crippen molar-refractivity contribution in [2.45, 2.75) is 12.5 Å². The van der Waals surface area contributed by atoms with Crippen LogP contribution >= 0.6 is 0 Å². The monoisotopic (exact) mass is 146 g/mol. The summed E-state index contributed by atoms with van der Waals surface area (Å²) in [7, 11) is 3.22. The number of ether oxygens (including phenoxy) is 3. The van der Waals surface area contributed by atoms with Crippen molar-refractivity contribution in [1.29, 1.82) is 0 Å². The highest BCUT2D eigenvalue weighted by molar-refractivity contribution is 4.62. The predicted octanol–water partition coefficient (Wildman–Crippen LogP) is -0.434. The maximum atomic E-state index is 5.19. The summed E-state index contributed by atoms with van der Waals surface area (Å²) in [5, 5.41) is 4.13. The van der Waals surface area contributed by atoms with E-state index in [0.29, 0.717) is 13.2 Å². The van der Waals surface area contributed by atoms with Gasteiger partial charge < -0.3 is 14.2 Å². The molecule has 0 aromatic rings. The van der Waals surface area contributed by atoms with Gasteiger partial charge in [-0.15, -0.1) is 0 Å². The Morgan fingerprint density at radius 1 is 1.40 bits per heavy atom. The maximum absolute atomic E-state index is 5.19. The Labute approximate surface area is 60.4 Å². The number of methoxy groups -OCH3 is 2. The number of nitrogens with zero attached hydrogens (tertiary/aromatic N) is 1. The molecular formula is C6H12NO3. The van der Waals surface area contributed by atoms with Gasteiger partial charge in [-0.25, -0.2) is 5.32 Å². The van der Waals surface area contributed by atoms with Crippen LogP contribution in [0.4, 0.5) is 0 Å². The number of hydrogen-bond acceptors (Lipinski definition) is 3. The first-order valence-corrected chi connectivity index (χ1v) is 3.20. The quantitative estimate of drug-likeness (QED) is 0.530. The summed E-state index contributed by atoms with van der Waals surface area (Å²) in [5.41, 5.74) is 0. The molecule has 0 amide bonds. The molecule has 0 bridgehead atoms. The summed E-state index contributed by atoms with van der Waals surface area (Å²) in [5.74, 6) is 0. The minimum atomic E-state index is -0.175. The molecule has 0 aliphatic carbocycles. The highest BCUT2D eigenvalue weighted by atomic mass is 16.7. The zero-order chi connectivity index (χ0) is 7.40. The van der Waals surface area contributed by atoms with Crippen LogP contribution in [-0.2, 0) is 14.2 Å². The Kier molecular flexibility index (Phi) is 3.08. The third-order valence-electron chi connectivity index (χ3n) is 1.42. The number of morpholine rings is 1. The fourth-order valence-electron chi connectivity index (χ4n) is 0.784. The molecule has 10 heavy (non-hydrogen) atoms. The Morgan fingerprint density at radius 3 is 2.60 bits per heavy atom. The molecule has 2 atom stereocenters. The van der Waals surface area contributed by atoms with Crippen LogP contribution in [0.15, 0.2) is 0 Å². The summed E-state index contributed by atoms with van der Waals surface area (Å²) in [6, 6.07) is 0. The molecule has 1 saturated heterocycles. The lowest BCUT2D eigenvalue weighted by molar-refractivity contribution is -0.178. The Bertz CT molecular complexity index is 79.0. The van der Waals surface area contributed by atoms with E-state index in [9.17, 15) is 0 Å². The minimum absolute atomic E-state index is 0.105. The van der Waals surface area contributed by atoms with E-state index in [2.05, 4.69) is 5.32 Å². The molecule has 1 rings (SSSR count). The summed E-state index contributed by atoms with van der Waals surface area (Å²) in [6.45, 7) is 1.06. The van der Waals surface area contributed by atoms with E-state index in [1.165, 1.54) is 0 Å². The van der Waals surface area contributed by atoms with Crippen LogP contribution in [-0.4, -0.2) is 39.9 Å². The molecule has 1 radical (unpaired) electrons. The van der Waals surface area contributed by atoms with Crippen molar-refractivity contribution in [2.75, 3.05) is 27.4 Å². The molecule has 0 aromatic carbocycles. The van der Waals surface area contributed by atoms with Gasteiger partial charge in [0.05, 0.1) is 13.2 Å². The second-order valence-corrected chi connectivity index (χ2v) is 2.05. The average molecular weight is 146 g/mol. The Hall–Kier alpha value is -0.160. The topological polar surface area (TPSA) is 41.8 Å². The van der Waals surface area contributed by atoms with Crippen LogP contribution in [0.5, 0.6) is 0 Å². The molecule has 2 unspecified atom stereocenters. The fraction of sp³-hybridized carbons (Fsp3) is 1.00. The average Bonchev–Trinajstić information content (AvgIpc) is 2.05. The first kappa shape index (κ1) is 7.94. The van der Waals surface area contributed by atoms with E-state index in [1.54, 1.807) is 14.2 Å². The van der Waals surface area contributed by atoms with Crippen LogP contribution < -0.4 is 5.32 Å². The highest BCUT2D eigenvalue weighted by Crippen LogP contribution is 2.02. The molecule has 0 saturated carbocycles. The lowest BCUT2D eigenvalue weighted by Gasteiger charge is -2.26. The van der Waals surface area contributed by atoms with Gasteiger partial charge in [-0.2, -0.15) is 0 Å².